The molecular formula is C8H6BrClN2. The fourth-order valence-electron chi connectivity index (χ4n) is 1.08. The van der Waals surface area contributed by atoms with Crippen molar-refractivity contribution in [1.82, 2.24) is 9.38 Å². The molecule has 0 saturated heterocycles. The van der Waals surface area contributed by atoms with Gasteiger partial charge in [0.15, 0.2) is 0 Å². The number of rotatable bonds is 1. The van der Waals surface area contributed by atoms with Crippen molar-refractivity contribution in [3.8, 4) is 0 Å². The molecule has 0 N–H and O–H groups in total. The number of fused-ring (bicyclic) bond motifs is 1. The predicted octanol–water partition coefficient (Wildman–Crippen LogP) is 2.88. The summed E-state index contributed by atoms with van der Waals surface area (Å²) in [6, 6.07) is 3.73. The maximum atomic E-state index is 5.81. The molecule has 2 heterocycles. The zero-order valence-corrected chi connectivity index (χ0v) is 8.51. The molecule has 0 saturated carbocycles. The maximum absolute atomic E-state index is 5.81. The summed E-state index contributed by atoms with van der Waals surface area (Å²) in [5.74, 6) is 0. The second-order valence-electron chi connectivity index (χ2n) is 2.48. The van der Waals surface area contributed by atoms with Gasteiger partial charge in [0.05, 0.1) is 10.7 Å². The molecule has 0 amide bonds. The van der Waals surface area contributed by atoms with Crippen molar-refractivity contribution < 1.29 is 0 Å². The van der Waals surface area contributed by atoms with Crippen molar-refractivity contribution in [2.24, 2.45) is 0 Å². The molecule has 62 valence electrons. The minimum Gasteiger partial charge on any atom is -0.305 e. The van der Waals surface area contributed by atoms with Crippen LogP contribution in [0.15, 0.2) is 24.5 Å². The monoisotopic (exact) mass is 244 g/mol. The van der Waals surface area contributed by atoms with Gasteiger partial charge in [0.25, 0.3) is 0 Å². The lowest BCUT2D eigenvalue weighted by atomic mass is 10.5. The molecule has 0 aliphatic heterocycles. The van der Waals surface area contributed by atoms with Crippen LogP contribution in [0, 0.1) is 0 Å². The predicted molar refractivity (Wildman–Crippen MR) is 52.8 cm³/mol. The van der Waals surface area contributed by atoms with E-state index in [-0.39, 0.29) is 0 Å². The minimum atomic E-state index is 0.723. The second-order valence-corrected chi connectivity index (χ2v) is 3.48. The lowest BCUT2D eigenvalue weighted by Crippen LogP contribution is -1.79. The molecule has 0 atom stereocenters. The van der Waals surface area contributed by atoms with Gasteiger partial charge in [-0.1, -0.05) is 27.5 Å². The van der Waals surface area contributed by atoms with Crippen molar-refractivity contribution in [1.29, 1.82) is 0 Å². The Morgan fingerprint density at radius 2 is 2.25 bits per heavy atom. The summed E-state index contributed by atoms with van der Waals surface area (Å²) in [4.78, 5) is 4.33. The van der Waals surface area contributed by atoms with E-state index in [2.05, 4.69) is 20.9 Å². The number of alkyl halides is 1. The van der Waals surface area contributed by atoms with Gasteiger partial charge in [-0.25, -0.2) is 4.98 Å². The molecule has 12 heavy (non-hydrogen) atoms. The largest absolute Gasteiger partial charge is 0.305 e. The van der Waals surface area contributed by atoms with Crippen molar-refractivity contribution >= 4 is 33.2 Å². The maximum Gasteiger partial charge on any atom is 0.137 e. The topological polar surface area (TPSA) is 17.3 Å². The zero-order chi connectivity index (χ0) is 8.55. The Hall–Kier alpha value is -0.540. The number of halogens is 2. The first kappa shape index (κ1) is 8.08. The molecule has 0 aliphatic carbocycles. The minimum absolute atomic E-state index is 0.723. The van der Waals surface area contributed by atoms with E-state index in [1.54, 1.807) is 0 Å². The summed E-state index contributed by atoms with van der Waals surface area (Å²) in [7, 11) is 0. The molecule has 0 radical (unpaired) electrons. The van der Waals surface area contributed by atoms with Gasteiger partial charge in [-0.2, -0.15) is 0 Å². The summed E-state index contributed by atoms with van der Waals surface area (Å²) in [6.07, 6.45) is 3.80. The molecule has 2 aromatic heterocycles. The van der Waals surface area contributed by atoms with Gasteiger partial charge >= 0.3 is 0 Å². The highest BCUT2D eigenvalue weighted by molar-refractivity contribution is 9.08. The van der Waals surface area contributed by atoms with Gasteiger partial charge in [0.2, 0.25) is 0 Å². The van der Waals surface area contributed by atoms with Crippen molar-refractivity contribution in [2.45, 2.75) is 5.33 Å². The Bertz CT molecular complexity index is 410. The Labute approximate surface area is 83.3 Å². The number of hydrogen-bond donors (Lipinski definition) is 0. The normalized spacial score (nSPS) is 10.8. The molecule has 0 aromatic carbocycles. The zero-order valence-electron chi connectivity index (χ0n) is 6.17. The first-order chi connectivity index (χ1) is 5.79. The summed E-state index contributed by atoms with van der Waals surface area (Å²) < 4.78 is 1.92. The van der Waals surface area contributed by atoms with Gasteiger partial charge in [-0.05, 0) is 12.1 Å². The highest BCUT2D eigenvalue weighted by atomic mass is 79.9. The highest BCUT2D eigenvalue weighted by Gasteiger charge is 1.99. The molecule has 2 aromatic rings. The van der Waals surface area contributed by atoms with Crippen LogP contribution in [-0.2, 0) is 5.33 Å². The lowest BCUT2D eigenvalue weighted by Gasteiger charge is -1.91. The van der Waals surface area contributed by atoms with Gasteiger partial charge in [-0.3, -0.25) is 0 Å². The fourth-order valence-corrected chi connectivity index (χ4v) is 1.52. The van der Waals surface area contributed by atoms with Crippen LogP contribution >= 0.6 is 27.5 Å². The van der Waals surface area contributed by atoms with Gasteiger partial charge in [-0.15, -0.1) is 0 Å². The standard InChI is InChI=1S/C8H6BrClN2/c9-3-7-5-12-4-6(10)1-2-8(12)11-7/h1-2,4-5H,3H2. The Kier molecular flexibility index (Phi) is 2.07. The first-order valence-electron chi connectivity index (χ1n) is 3.49. The van der Waals surface area contributed by atoms with E-state index in [1.165, 1.54) is 0 Å². The van der Waals surface area contributed by atoms with Crippen LogP contribution in [0.4, 0.5) is 0 Å². The van der Waals surface area contributed by atoms with E-state index in [0.29, 0.717) is 0 Å². The van der Waals surface area contributed by atoms with E-state index in [4.69, 9.17) is 11.6 Å². The number of pyridine rings is 1. The summed E-state index contributed by atoms with van der Waals surface area (Å²) in [6.45, 7) is 0. The third kappa shape index (κ3) is 1.34. The summed E-state index contributed by atoms with van der Waals surface area (Å²) >= 11 is 9.16. The first-order valence-corrected chi connectivity index (χ1v) is 4.98. The summed E-state index contributed by atoms with van der Waals surface area (Å²) in [5.41, 5.74) is 1.94. The van der Waals surface area contributed by atoms with Crippen molar-refractivity contribution in [3.05, 3.63) is 35.2 Å². The third-order valence-corrected chi connectivity index (χ3v) is 2.40. The molecule has 2 nitrogen and oxygen atoms in total. The lowest BCUT2D eigenvalue weighted by molar-refractivity contribution is 1.18. The van der Waals surface area contributed by atoms with E-state index in [0.717, 1.165) is 21.7 Å². The number of imidazole rings is 1. The third-order valence-electron chi connectivity index (χ3n) is 1.60. The average Bonchev–Trinajstić information content (AvgIpc) is 2.46. The SMILES string of the molecule is Clc1ccc2nc(CBr)cn2c1. The van der Waals surface area contributed by atoms with Crippen LogP contribution in [0.1, 0.15) is 5.69 Å². The van der Waals surface area contributed by atoms with Crippen LogP contribution in [0.3, 0.4) is 0 Å². The van der Waals surface area contributed by atoms with E-state index in [9.17, 15) is 0 Å². The Morgan fingerprint density at radius 3 is 3.00 bits per heavy atom. The molecule has 4 heteroatoms. The quantitative estimate of drug-likeness (QED) is 0.706. The van der Waals surface area contributed by atoms with Crippen LogP contribution in [0.5, 0.6) is 0 Å². The van der Waals surface area contributed by atoms with Gasteiger partial charge < -0.3 is 4.40 Å². The Morgan fingerprint density at radius 1 is 1.42 bits per heavy atom. The van der Waals surface area contributed by atoms with Crippen LogP contribution in [0.25, 0.3) is 5.65 Å². The summed E-state index contributed by atoms with van der Waals surface area (Å²) in [5, 5.41) is 1.49. The highest BCUT2D eigenvalue weighted by Crippen LogP contribution is 2.12. The van der Waals surface area contributed by atoms with E-state index in [1.807, 2.05) is 28.9 Å². The second kappa shape index (κ2) is 3.07. The molecule has 0 fully saturated rings. The molecule has 0 unspecified atom stereocenters. The van der Waals surface area contributed by atoms with Crippen LogP contribution in [-0.4, -0.2) is 9.38 Å². The van der Waals surface area contributed by atoms with Crippen LogP contribution < -0.4 is 0 Å². The average molecular weight is 246 g/mol. The number of hydrogen-bond acceptors (Lipinski definition) is 1. The van der Waals surface area contributed by atoms with E-state index >= 15 is 0 Å². The van der Waals surface area contributed by atoms with E-state index < -0.39 is 0 Å². The Balaban J connectivity index is 2.67. The fraction of sp³-hybridized carbons (Fsp3) is 0.125. The molecule has 0 aliphatic rings. The van der Waals surface area contributed by atoms with Crippen molar-refractivity contribution in [2.75, 3.05) is 0 Å². The van der Waals surface area contributed by atoms with Crippen molar-refractivity contribution in [3.63, 3.8) is 0 Å². The molecule has 0 spiro atoms. The van der Waals surface area contributed by atoms with Gasteiger partial charge in [0, 0.05) is 17.7 Å². The smallest absolute Gasteiger partial charge is 0.137 e. The van der Waals surface area contributed by atoms with Gasteiger partial charge in [0.1, 0.15) is 5.65 Å². The molecule has 2 rings (SSSR count). The number of aromatic nitrogens is 2. The number of nitrogens with zero attached hydrogens (tertiary/aromatic N) is 2. The molecular weight excluding hydrogens is 239 g/mol. The molecule has 0 bridgehead atoms. The van der Waals surface area contributed by atoms with Crippen LogP contribution in [0.2, 0.25) is 5.02 Å².